The lowest BCUT2D eigenvalue weighted by atomic mass is 9.94. The van der Waals surface area contributed by atoms with Crippen LogP contribution in [-0.2, 0) is 14.3 Å². The third-order valence-corrected chi connectivity index (χ3v) is 6.52. The van der Waals surface area contributed by atoms with Crippen LogP contribution in [0.5, 0.6) is 0 Å². The molecule has 0 saturated heterocycles. The van der Waals surface area contributed by atoms with Gasteiger partial charge in [0.15, 0.2) is 0 Å². The number of hydrogen-bond donors (Lipinski definition) is 2. The molecule has 8 heteroatoms. The van der Waals surface area contributed by atoms with Crippen LogP contribution in [0.25, 0.3) is 0 Å². The SMILES string of the molecule is CCCCN1C(=O)NC(c2cccc(NC(=O)CSc3ccccc3)c2)C(C(=O)OC(C)C)=C1C. The van der Waals surface area contributed by atoms with Crippen molar-refractivity contribution >= 4 is 35.4 Å². The molecule has 7 nitrogen and oxygen atoms in total. The largest absolute Gasteiger partial charge is 0.459 e. The second-order valence-electron chi connectivity index (χ2n) is 8.62. The number of amides is 3. The van der Waals surface area contributed by atoms with Crippen LogP contribution < -0.4 is 10.6 Å². The van der Waals surface area contributed by atoms with Gasteiger partial charge in [-0.2, -0.15) is 0 Å². The molecule has 0 saturated carbocycles. The number of ether oxygens (including phenoxy) is 1. The van der Waals surface area contributed by atoms with E-state index in [0.717, 1.165) is 17.7 Å². The predicted molar refractivity (Wildman–Crippen MR) is 139 cm³/mol. The molecule has 0 fully saturated rings. The van der Waals surface area contributed by atoms with Crippen LogP contribution in [0.1, 0.15) is 52.1 Å². The molecule has 35 heavy (non-hydrogen) atoms. The molecule has 1 unspecified atom stereocenters. The molecule has 3 rings (SSSR count). The molecule has 2 aromatic rings. The van der Waals surface area contributed by atoms with E-state index >= 15 is 0 Å². The number of allylic oxidation sites excluding steroid dienone is 1. The molecule has 1 aliphatic rings. The molecule has 0 radical (unpaired) electrons. The predicted octanol–water partition coefficient (Wildman–Crippen LogP) is 5.51. The zero-order valence-corrected chi connectivity index (χ0v) is 21.5. The van der Waals surface area contributed by atoms with Gasteiger partial charge in [-0.05, 0) is 57.0 Å². The monoisotopic (exact) mass is 495 g/mol. The van der Waals surface area contributed by atoms with Crippen LogP contribution in [0.15, 0.2) is 70.8 Å². The molecule has 2 N–H and O–H groups in total. The minimum Gasteiger partial charge on any atom is -0.459 e. The van der Waals surface area contributed by atoms with Crippen molar-refractivity contribution in [3.05, 3.63) is 71.4 Å². The highest BCUT2D eigenvalue weighted by Gasteiger charge is 2.36. The summed E-state index contributed by atoms with van der Waals surface area (Å²) in [4.78, 5) is 41.1. The van der Waals surface area contributed by atoms with E-state index < -0.39 is 12.0 Å². The van der Waals surface area contributed by atoms with E-state index in [1.165, 1.54) is 11.8 Å². The van der Waals surface area contributed by atoms with Crippen LogP contribution >= 0.6 is 11.8 Å². The van der Waals surface area contributed by atoms with Crippen molar-refractivity contribution in [1.29, 1.82) is 0 Å². The van der Waals surface area contributed by atoms with Crippen molar-refractivity contribution in [2.24, 2.45) is 0 Å². The van der Waals surface area contributed by atoms with Gasteiger partial charge in [-0.25, -0.2) is 9.59 Å². The quantitative estimate of drug-likeness (QED) is 0.335. The topological polar surface area (TPSA) is 87.7 Å². The molecular weight excluding hydrogens is 462 g/mol. The molecule has 2 aromatic carbocycles. The van der Waals surface area contributed by atoms with Gasteiger partial charge in [0.25, 0.3) is 0 Å². The van der Waals surface area contributed by atoms with E-state index in [1.807, 2.05) is 36.4 Å². The first-order valence-electron chi connectivity index (χ1n) is 11.9. The van der Waals surface area contributed by atoms with Crippen molar-refractivity contribution in [1.82, 2.24) is 10.2 Å². The molecule has 0 spiro atoms. The Morgan fingerprint density at radius 2 is 1.89 bits per heavy atom. The van der Waals surface area contributed by atoms with Gasteiger partial charge >= 0.3 is 12.0 Å². The number of benzene rings is 2. The lowest BCUT2D eigenvalue weighted by molar-refractivity contribution is -0.143. The number of hydrogen-bond acceptors (Lipinski definition) is 5. The Balaban J connectivity index is 1.82. The van der Waals surface area contributed by atoms with Crippen LogP contribution in [0.2, 0.25) is 0 Å². The van der Waals surface area contributed by atoms with Crippen LogP contribution in [0, 0.1) is 0 Å². The van der Waals surface area contributed by atoms with E-state index in [-0.39, 0.29) is 23.8 Å². The lowest BCUT2D eigenvalue weighted by Crippen LogP contribution is -2.48. The molecule has 0 bridgehead atoms. The normalized spacial score (nSPS) is 15.7. The van der Waals surface area contributed by atoms with Gasteiger partial charge < -0.3 is 15.4 Å². The van der Waals surface area contributed by atoms with E-state index in [1.54, 1.807) is 43.9 Å². The Morgan fingerprint density at radius 3 is 2.57 bits per heavy atom. The van der Waals surface area contributed by atoms with Crippen LogP contribution in [0.3, 0.4) is 0 Å². The van der Waals surface area contributed by atoms with Crippen molar-refractivity contribution in [2.45, 2.75) is 57.6 Å². The Kier molecular flexibility index (Phi) is 9.37. The van der Waals surface area contributed by atoms with E-state index in [4.69, 9.17) is 4.74 Å². The summed E-state index contributed by atoms with van der Waals surface area (Å²) < 4.78 is 5.52. The second-order valence-corrected chi connectivity index (χ2v) is 9.66. The minimum atomic E-state index is -0.679. The fraction of sp³-hybridized carbons (Fsp3) is 0.370. The van der Waals surface area contributed by atoms with Gasteiger partial charge in [0.1, 0.15) is 0 Å². The van der Waals surface area contributed by atoms with Gasteiger partial charge in [0, 0.05) is 22.8 Å². The zero-order chi connectivity index (χ0) is 25.4. The number of anilines is 1. The van der Waals surface area contributed by atoms with Gasteiger partial charge in [0.05, 0.1) is 23.5 Å². The standard InChI is InChI=1S/C27H33N3O4S/c1-5-6-15-30-19(4)24(26(32)34-18(2)3)25(29-27(30)33)20-11-10-12-21(16-20)28-23(31)17-35-22-13-8-7-9-14-22/h7-14,16,18,25H,5-6,15,17H2,1-4H3,(H,28,31)(H,29,33). The summed E-state index contributed by atoms with van der Waals surface area (Å²) in [6, 6.07) is 16.0. The first kappa shape index (κ1) is 26.3. The Morgan fingerprint density at radius 1 is 1.14 bits per heavy atom. The summed E-state index contributed by atoms with van der Waals surface area (Å²) in [7, 11) is 0. The maximum absolute atomic E-state index is 13.1. The number of urea groups is 1. The van der Waals surface area contributed by atoms with E-state index in [9.17, 15) is 14.4 Å². The number of carbonyl (C=O) groups excluding carboxylic acids is 3. The average Bonchev–Trinajstić information content (AvgIpc) is 2.82. The molecule has 0 aliphatic carbocycles. The van der Waals surface area contributed by atoms with Crippen molar-refractivity contribution in [3.63, 3.8) is 0 Å². The number of esters is 1. The maximum atomic E-state index is 13.1. The molecular formula is C27H33N3O4S. The van der Waals surface area contributed by atoms with Crippen LogP contribution in [-0.4, -0.2) is 41.2 Å². The number of rotatable bonds is 10. The summed E-state index contributed by atoms with van der Waals surface area (Å²) in [5.74, 6) is -0.329. The van der Waals surface area contributed by atoms with Gasteiger partial charge in [-0.1, -0.05) is 43.7 Å². The van der Waals surface area contributed by atoms with Crippen molar-refractivity contribution in [3.8, 4) is 0 Å². The first-order chi connectivity index (χ1) is 16.8. The fourth-order valence-electron chi connectivity index (χ4n) is 3.82. The molecule has 1 atom stereocenters. The molecule has 3 amide bonds. The smallest absolute Gasteiger partial charge is 0.338 e. The summed E-state index contributed by atoms with van der Waals surface area (Å²) >= 11 is 1.45. The second kappa shape index (κ2) is 12.4. The number of thioether (sulfide) groups is 1. The molecule has 186 valence electrons. The Bertz CT molecular complexity index is 1080. The molecule has 0 aromatic heterocycles. The first-order valence-corrected chi connectivity index (χ1v) is 12.9. The lowest BCUT2D eigenvalue weighted by Gasteiger charge is -2.35. The molecule has 1 aliphatic heterocycles. The summed E-state index contributed by atoms with van der Waals surface area (Å²) in [6.07, 6.45) is 1.46. The maximum Gasteiger partial charge on any atom is 0.338 e. The number of nitrogens with zero attached hydrogens (tertiary/aromatic N) is 1. The van der Waals surface area contributed by atoms with Gasteiger partial charge in [-0.3, -0.25) is 9.69 Å². The summed E-state index contributed by atoms with van der Waals surface area (Å²) in [5.41, 5.74) is 2.28. The minimum absolute atomic E-state index is 0.138. The van der Waals surface area contributed by atoms with Gasteiger partial charge in [-0.15, -0.1) is 11.8 Å². The van der Waals surface area contributed by atoms with Crippen molar-refractivity contribution < 1.29 is 19.1 Å². The van der Waals surface area contributed by atoms with E-state index in [2.05, 4.69) is 17.6 Å². The highest BCUT2D eigenvalue weighted by molar-refractivity contribution is 8.00. The third kappa shape index (κ3) is 7.11. The van der Waals surface area contributed by atoms with E-state index in [0.29, 0.717) is 29.1 Å². The summed E-state index contributed by atoms with van der Waals surface area (Å²) in [5, 5.41) is 5.88. The fourth-order valence-corrected chi connectivity index (χ4v) is 4.54. The number of unbranched alkanes of at least 4 members (excludes halogenated alkanes) is 1. The third-order valence-electron chi connectivity index (χ3n) is 5.51. The number of carbonyl (C=O) groups is 3. The molecule has 1 heterocycles. The van der Waals surface area contributed by atoms with Crippen molar-refractivity contribution in [2.75, 3.05) is 17.6 Å². The zero-order valence-electron chi connectivity index (χ0n) is 20.7. The summed E-state index contributed by atoms with van der Waals surface area (Å²) in [6.45, 7) is 7.94. The van der Waals surface area contributed by atoms with Gasteiger partial charge in [0.2, 0.25) is 5.91 Å². The highest BCUT2D eigenvalue weighted by atomic mass is 32.2. The Hall–Kier alpha value is -3.26. The average molecular weight is 496 g/mol. The Labute approximate surface area is 211 Å². The highest BCUT2D eigenvalue weighted by Crippen LogP contribution is 2.33. The number of nitrogens with one attached hydrogen (secondary N) is 2. The van der Waals surface area contributed by atoms with Crippen LogP contribution in [0.4, 0.5) is 10.5 Å².